The Morgan fingerprint density at radius 1 is 0.542 bits per heavy atom. The SMILES string of the molecule is C1C[C@@H]2O[C@@H]3C[C@@]34[C@@H]3[C@H]5[C@@H]6[C@@H]7[C@@H]8[C@@H](CC[C@H]8O[C@@H]8C[C@@]78[C@@H]5[C@H]1[C@@H]32)[C@@H]64. The van der Waals surface area contributed by atoms with Gasteiger partial charge in [0.25, 0.3) is 0 Å². The van der Waals surface area contributed by atoms with Crippen LogP contribution in [0.25, 0.3) is 0 Å². The largest absolute Gasteiger partial charge is 0.374 e. The molecule has 2 spiro atoms. The molecule has 10 aliphatic rings. The van der Waals surface area contributed by atoms with Crippen LogP contribution in [0, 0.1) is 70.0 Å². The van der Waals surface area contributed by atoms with Crippen molar-refractivity contribution >= 4 is 0 Å². The van der Waals surface area contributed by atoms with E-state index >= 15 is 0 Å². The molecule has 0 radical (unpaired) electrons. The van der Waals surface area contributed by atoms with Crippen molar-refractivity contribution in [1.29, 1.82) is 0 Å². The fourth-order valence-corrected chi connectivity index (χ4v) is 12.8. The molecule has 2 nitrogen and oxygen atoms in total. The molecule has 0 unspecified atom stereocenters. The number of fused-ring (bicyclic) bond motifs is 2. The average Bonchev–Trinajstić information content (AvgIpc) is 3.01. The molecule has 10 fully saturated rings. The first kappa shape index (κ1) is 11.6. The summed E-state index contributed by atoms with van der Waals surface area (Å²) in [4.78, 5) is 0. The van der Waals surface area contributed by atoms with E-state index in [0.29, 0.717) is 35.2 Å². The van der Waals surface area contributed by atoms with Crippen LogP contribution >= 0.6 is 0 Å². The summed E-state index contributed by atoms with van der Waals surface area (Å²) < 4.78 is 13.6. The van der Waals surface area contributed by atoms with E-state index in [1.165, 1.54) is 38.5 Å². The molecule has 126 valence electrons. The summed E-state index contributed by atoms with van der Waals surface area (Å²) in [5.41, 5.74) is 1.38. The highest BCUT2D eigenvalue weighted by Gasteiger charge is 2.94. The molecule has 8 saturated carbocycles. The number of rotatable bonds is 0. The van der Waals surface area contributed by atoms with Crippen molar-refractivity contribution < 1.29 is 9.47 Å². The summed E-state index contributed by atoms with van der Waals surface area (Å²) in [7, 11) is 0. The second-order valence-corrected chi connectivity index (χ2v) is 11.9. The van der Waals surface area contributed by atoms with E-state index in [1.54, 1.807) is 0 Å². The van der Waals surface area contributed by atoms with Gasteiger partial charge < -0.3 is 9.47 Å². The van der Waals surface area contributed by atoms with Crippen LogP contribution in [0.5, 0.6) is 0 Å². The van der Waals surface area contributed by atoms with Gasteiger partial charge in [-0.3, -0.25) is 0 Å². The Labute approximate surface area is 143 Å². The van der Waals surface area contributed by atoms with E-state index < -0.39 is 0 Å². The molecule has 2 aliphatic heterocycles. The van der Waals surface area contributed by atoms with E-state index in [4.69, 9.17) is 9.47 Å². The van der Waals surface area contributed by atoms with Gasteiger partial charge in [0.15, 0.2) is 0 Å². The van der Waals surface area contributed by atoms with Gasteiger partial charge in [-0.2, -0.15) is 0 Å². The summed E-state index contributed by atoms with van der Waals surface area (Å²) in [6.45, 7) is 0. The average molecular weight is 322 g/mol. The van der Waals surface area contributed by atoms with Crippen molar-refractivity contribution in [3.63, 3.8) is 0 Å². The zero-order valence-corrected chi connectivity index (χ0v) is 14.1. The van der Waals surface area contributed by atoms with Crippen molar-refractivity contribution in [1.82, 2.24) is 0 Å². The van der Waals surface area contributed by atoms with E-state index in [-0.39, 0.29) is 0 Å². The minimum atomic E-state index is 0.675. The summed E-state index contributed by atoms with van der Waals surface area (Å²) in [5.74, 6) is 10.7. The third-order valence-electron chi connectivity index (χ3n) is 12.4. The maximum atomic E-state index is 6.80. The first-order valence-electron chi connectivity index (χ1n) is 11.2. The smallest absolute Gasteiger partial charge is 0.0648 e. The second kappa shape index (κ2) is 2.87. The Bertz CT molecular complexity index is 686. The highest BCUT2D eigenvalue weighted by atomic mass is 16.5. The highest BCUT2D eigenvalue weighted by molar-refractivity contribution is 5.40. The van der Waals surface area contributed by atoms with Gasteiger partial charge in [-0.05, 0) is 97.7 Å². The Kier molecular flexibility index (Phi) is 1.39. The fraction of sp³-hybridized carbons (Fsp3) is 1.00. The van der Waals surface area contributed by atoms with Crippen LogP contribution in [-0.4, -0.2) is 24.4 Å². The van der Waals surface area contributed by atoms with E-state index in [1.807, 2.05) is 0 Å². The van der Waals surface area contributed by atoms with Gasteiger partial charge in [-0.25, -0.2) is 0 Å². The van der Waals surface area contributed by atoms with Gasteiger partial charge in [0.2, 0.25) is 0 Å². The first-order chi connectivity index (χ1) is 11.9. The van der Waals surface area contributed by atoms with Crippen LogP contribution in [0.4, 0.5) is 0 Å². The summed E-state index contributed by atoms with van der Waals surface area (Å²) >= 11 is 0. The molecule has 0 aromatic heterocycles. The minimum Gasteiger partial charge on any atom is -0.374 e. The molecule has 16 atom stereocenters. The van der Waals surface area contributed by atoms with E-state index in [0.717, 1.165) is 59.2 Å². The number of hydrogen-bond acceptors (Lipinski definition) is 2. The third-order valence-corrected chi connectivity index (χ3v) is 12.4. The third kappa shape index (κ3) is 0.766. The highest BCUT2D eigenvalue weighted by Crippen LogP contribution is 2.94. The van der Waals surface area contributed by atoms with Gasteiger partial charge >= 0.3 is 0 Å². The molecular weight excluding hydrogens is 296 g/mol. The van der Waals surface area contributed by atoms with Crippen LogP contribution < -0.4 is 0 Å². The van der Waals surface area contributed by atoms with Crippen molar-refractivity contribution in [2.45, 2.75) is 62.9 Å². The molecule has 0 amide bonds. The molecule has 8 aliphatic carbocycles. The summed E-state index contributed by atoms with van der Waals surface area (Å²) in [6, 6.07) is 0. The van der Waals surface area contributed by atoms with Gasteiger partial charge in [0, 0.05) is 10.8 Å². The van der Waals surface area contributed by atoms with Crippen LogP contribution in [-0.2, 0) is 9.47 Å². The molecule has 2 saturated heterocycles. The number of ether oxygens (including phenoxy) is 2. The van der Waals surface area contributed by atoms with E-state index in [2.05, 4.69) is 0 Å². The fourth-order valence-electron chi connectivity index (χ4n) is 12.8. The standard InChI is InChI=1S/C22H26O2/c1-3-9-13-7(1)17-15-16-18(22(19(13)15)6-12(22)23-9)8-2-4-10-14(8)20(16)21(17)5-11(21)24-10/h7-20H,1-6H2/t7-,8-,9-,10+,11-,12-,13-,14-,15+,16+,17+,18-,19+,20+,21-,22-/m1/s1. The summed E-state index contributed by atoms with van der Waals surface area (Å²) in [6.07, 6.45) is 11.5. The summed E-state index contributed by atoms with van der Waals surface area (Å²) in [5, 5.41) is 0. The lowest BCUT2D eigenvalue weighted by Crippen LogP contribution is -2.43. The van der Waals surface area contributed by atoms with Crippen molar-refractivity contribution in [3.8, 4) is 0 Å². The topological polar surface area (TPSA) is 18.5 Å². The maximum absolute atomic E-state index is 6.80. The maximum Gasteiger partial charge on any atom is 0.0648 e. The molecule has 0 aromatic rings. The molecule has 2 heterocycles. The molecule has 10 rings (SSSR count). The molecule has 0 bridgehead atoms. The van der Waals surface area contributed by atoms with Crippen LogP contribution in [0.2, 0.25) is 0 Å². The van der Waals surface area contributed by atoms with E-state index in [9.17, 15) is 0 Å². The quantitative estimate of drug-likeness (QED) is 0.682. The molecular formula is C22H26O2. The van der Waals surface area contributed by atoms with Gasteiger partial charge in [0.1, 0.15) is 0 Å². The van der Waals surface area contributed by atoms with Crippen LogP contribution in [0.3, 0.4) is 0 Å². The predicted molar refractivity (Wildman–Crippen MR) is 84.8 cm³/mol. The first-order valence-corrected chi connectivity index (χ1v) is 11.2. The Morgan fingerprint density at radius 3 is 1.54 bits per heavy atom. The Hall–Kier alpha value is -0.0800. The predicted octanol–water partition coefficient (Wildman–Crippen LogP) is 3.11. The van der Waals surface area contributed by atoms with Crippen molar-refractivity contribution in [2.75, 3.05) is 0 Å². The van der Waals surface area contributed by atoms with Crippen molar-refractivity contribution in [3.05, 3.63) is 0 Å². The zero-order chi connectivity index (χ0) is 14.7. The Balaban J connectivity index is 1.32. The molecule has 24 heavy (non-hydrogen) atoms. The van der Waals surface area contributed by atoms with Gasteiger partial charge in [-0.15, -0.1) is 0 Å². The van der Waals surface area contributed by atoms with Crippen LogP contribution in [0.15, 0.2) is 0 Å². The minimum absolute atomic E-state index is 0.675. The molecule has 0 N–H and O–H groups in total. The molecule has 0 aromatic carbocycles. The normalized spacial score (nSPS) is 87.0. The Morgan fingerprint density at radius 2 is 1.04 bits per heavy atom. The van der Waals surface area contributed by atoms with Crippen LogP contribution in [0.1, 0.15) is 38.5 Å². The van der Waals surface area contributed by atoms with Crippen molar-refractivity contribution in [2.24, 2.45) is 70.0 Å². The lowest BCUT2D eigenvalue weighted by Gasteiger charge is -2.42. The van der Waals surface area contributed by atoms with Gasteiger partial charge in [-0.1, -0.05) is 0 Å². The lowest BCUT2D eigenvalue weighted by atomic mass is 9.68. The number of hydrogen-bond donors (Lipinski definition) is 0. The van der Waals surface area contributed by atoms with Gasteiger partial charge in [0.05, 0.1) is 24.4 Å². The molecule has 2 heteroatoms. The second-order valence-electron chi connectivity index (χ2n) is 11.9. The lowest BCUT2D eigenvalue weighted by molar-refractivity contribution is -0.100. The monoisotopic (exact) mass is 322 g/mol. The zero-order valence-electron chi connectivity index (χ0n) is 14.1.